The van der Waals surface area contributed by atoms with E-state index in [1.807, 2.05) is 32.0 Å². The van der Waals surface area contributed by atoms with Crippen LogP contribution in [-0.4, -0.2) is 52.8 Å². The van der Waals surface area contributed by atoms with Crippen LogP contribution in [0.5, 0.6) is 0 Å². The topological polar surface area (TPSA) is 79.5 Å². The zero-order chi connectivity index (χ0) is 16.3. The van der Waals surface area contributed by atoms with Crippen LogP contribution >= 0.6 is 11.3 Å². The lowest BCUT2D eigenvalue weighted by molar-refractivity contribution is -0.139. The number of hydrogen-bond acceptors (Lipinski definition) is 5. The maximum atomic E-state index is 12.6. The van der Waals surface area contributed by atoms with Gasteiger partial charge in [0.1, 0.15) is 0 Å². The minimum absolute atomic E-state index is 0.0645. The standard InChI is InChI=1S/C15H24N4O2S/c1-10(18(3)9-13-7-17-11(2)22-13)15(21)19-6-4-5-12(8-19)14(16)20/h7,10,12H,4-6,8-9H2,1-3H3,(H2,16,20)/t10-,12+/m1/s1. The minimum atomic E-state index is -0.307. The van der Waals surface area contributed by atoms with Gasteiger partial charge >= 0.3 is 0 Å². The summed E-state index contributed by atoms with van der Waals surface area (Å²) in [5.41, 5.74) is 5.38. The number of amides is 2. The fourth-order valence-electron chi connectivity index (χ4n) is 2.72. The van der Waals surface area contributed by atoms with E-state index in [0.29, 0.717) is 19.6 Å². The molecule has 0 aliphatic carbocycles. The summed E-state index contributed by atoms with van der Waals surface area (Å²) in [6.07, 6.45) is 3.48. The van der Waals surface area contributed by atoms with Crippen LogP contribution in [0.2, 0.25) is 0 Å². The van der Waals surface area contributed by atoms with E-state index in [2.05, 4.69) is 4.98 Å². The van der Waals surface area contributed by atoms with Crippen molar-refractivity contribution in [1.82, 2.24) is 14.8 Å². The van der Waals surface area contributed by atoms with Gasteiger partial charge in [0, 0.05) is 30.7 Å². The number of likely N-dealkylation sites (N-methyl/N-ethyl adjacent to an activating group) is 1. The molecule has 1 fully saturated rings. The molecule has 122 valence electrons. The molecule has 2 atom stereocenters. The largest absolute Gasteiger partial charge is 0.369 e. The molecule has 1 aliphatic heterocycles. The highest BCUT2D eigenvalue weighted by Gasteiger charge is 2.30. The van der Waals surface area contributed by atoms with Crippen molar-refractivity contribution in [2.75, 3.05) is 20.1 Å². The fourth-order valence-corrected chi connectivity index (χ4v) is 3.58. The number of nitrogens with two attached hydrogens (primary N) is 1. The van der Waals surface area contributed by atoms with Crippen LogP contribution in [0.3, 0.4) is 0 Å². The molecule has 1 aliphatic rings. The second-order valence-corrected chi connectivity index (χ2v) is 7.28. The van der Waals surface area contributed by atoms with E-state index in [-0.39, 0.29) is 23.8 Å². The molecule has 0 saturated carbocycles. The number of hydrogen-bond donors (Lipinski definition) is 1. The SMILES string of the molecule is Cc1ncc(CN(C)[C@H](C)C(=O)N2CCC[C@H](C(N)=O)C2)s1. The van der Waals surface area contributed by atoms with Crippen molar-refractivity contribution in [3.8, 4) is 0 Å². The Balaban J connectivity index is 1.94. The van der Waals surface area contributed by atoms with Gasteiger partial charge in [-0.1, -0.05) is 0 Å². The Morgan fingerprint density at radius 3 is 2.91 bits per heavy atom. The Hall–Kier alpha value is -1.47. The van der Waals surface area contributed by atoms with Crippen LogP contribution in [-0.2, 0) is 16.1 Å². The molecule has 0 spiro atoms. The number of carbonyl (C=O) groups is 2. The summed E-state index contributed by atoms with van der Waals surface area (Å²) >= 11 is 1.65. The van der Waals surface area contributed by atoms with Crippen molar-refractivity contribution in [3.05, 3.63) is 16.1 Å². The van der Waals surface area contributed by atoms with Crippen molar-refractivity contribution in [2.24, 2.45) is 11.7 Å². The molecule has 0 bridgehead atoms. The van der Waals surface area contributed by atoms with Crippen molar-refractivity contribution >= 4 is 23.2 Å². The fraction of sp³-hybridized carbons (Fsp3) is 0.667. The molecule has 1 aromatic rings. The summed E-state index contributed by atoms with van der Waals surface area (Å²) in [4.78, 5) is 33.1. The molecule has 6 nitrogen and oxygen atoms in total. The predicted molar refractivity (Wildman–Crippen MR) is 86.3 cm³/mol. The summed E-state index contributed by atoms with van der Waals surface area (Å²) < 4.78 is 0. The zero-order valence-electron chi connectivity index (χ0n) is 13.4. The van der Waals surface area contributed by atoms with Crippen molar-refractivity contribution in [1.29, 1.82) is 0 Å². The average molecular weight is 324 g/mol. The first kappa shape index (κ1) is 16.9. The van der Waals surface area contributed by atoms with E-state index in [1.165, 1.54) is 0 Å². The van der Waals surface area contributed by atoms with Gasteiger partial charge in [-0.25, -0.2) is 4.98 Å². The third-order valence-corrected chi connectivity index (χ3v) is 5.13. The van der Waals surface area contributed by atoms with Crippen LogP contribution < -0.4 is 5.73 Å². The van der Waals surface area contributed by atoms with Gasteiger partial charge in [0.05, 0.1) is 17.0 Å². The zero-order valence-corrected chi connectivity index (χ0v) is 14.2. The lowest BCUT2D eigenvalue weighted by atomic mass is 9.97. The quantitative estimate of drug-likeness (QED) is 0.876. The number of thiazole rings is 1. The third-order valence-electron chi connectivity index (χ3n) is 4.23. The smallest absolute Gasteiger partial charge is 0.239 e. The molecule has 7 heteroatoms. The monoisotopic (exact) mass is 324 g/mol. The number of rotatable bonds is 5. The van der Waals surface area contributed by atoms with E-state index < -0.39 is 0 Å². The molecule has 2 N–H and O–H groups in total. The Kier molecular flexibility index (Phi) is 5.52. The first-order chi connectivity index (χ1) is 10.4. The van der Waals surface area contributed by atoms with Gasteiger partial charge in [-0.3, -0.25) is 14.5 Å². The number of carbonyl (C=O) groups excluding carboxylic acids is 2. The Morgan fingerprint density at radius 2 is 2.32 bits per heavy atom. The second-order valence-electron chi connectivity index (χ2n) is 5.96. The van der Waals surface area contributed by atoms with Gasteiger partial charge in [-0.15, -0.1) is 11.3 Å². The summed E-state index contributed by atoms with van der Waals surface area (Å²) in [7, 11) is 1.94. The van der Waals surface area contributed by atoms with E-state index in [4.69, 9.17) is 5.73 Å². The predicted octanol–water partition coefficient (Wildman–Crippen LogP) is 0.996. The second kappa shape index (κ2) is 7.19. The Morgan fingerprint density at radius 1 is 1.59 bits per heavy atom. The molecule has 1 saturated heterocycles. The number of piperidine rings is 1. The van der Waals surface area contributed by atoms with Crippen LogP contribution in [0, 0.1) is 12.8 Å². The van der Waals surface area contributed by atoms with Crippen molar-refractivity contribution in [3.63, 3.8) is 0 Å². The molecule has 1 aromatic heterocycles. The molecule has 2 amide bonds. The maximum Gasteiger partial charge on any atom is 0.239 e. The van der Waals surface area contributed by atoms with Gasteiger partial charge < -0.3 is 10.6 Å². The summed E-state index contributed by atoms with van der Waals surface area (Å²) in [5, 5.41) is 1.03. The first-order valence-corrected chi connectivity index (χ1v) is 8.39. The lowest BCUT2D eigenvalue weighted by Crippen LogP contribution is -2.50. The molecular formula is C15H24N4O2S. The van der Waals surface area contributed by atoms with Crippen LogP contribution in [0.15, 0.2) is 6.20 Å². The molecule has 2 heterocycles. The summed E-state index contributed by atoms with van der Waals surface area (Å²) in [5.74, 6) is -0.451. The highest BCUT2D eigenvalue weighted by molar-refractivity contribution is 7.11. The van der Waals surface area contributed by atoms with E-state index in [0.717, 1.165) is 22.7 Å². The third kappa shape index (κ3) is 4.04. The van der Waals surface area contributed by atoms with Crippen LogP contribution in [0.25, 0.3) is 0 Å². The van der Waals surface area contributed by atoms with Crippen molar-refractivity contribution < 1.29 is 9.59 Å². The van der Waals surface area contributed by atoms with E-state index in [9.17, 15) is 9.59 Å². The van der Waals surface area contributed by atoms with E-state index >= 15 is 0 Å². The number of likely N-dealkylation sites (tertiary alicyclic amines) is 1. The molecule has 2 rings (SSSR count). The van der Waals surface area contributed by atoms with Gasteiger partial charge in [0.15, 0.2) is 0 Å². The molecule has 0 unspecified atom stereocenters. The number of primary amides is 1. The van der Waals surface area contributed by atoms with Crippen LogP contribution in [0.1, 0.15) is 29.7 Å². The maximum absolute atomic E-state index is 12.6. The van der Waals surface area contributed by atoms with E-state index in [1.54, 1.807) is 16.2 Å². The Labute approximate surface area is 135 Å². The van der Waals surface area contributed by atoms with Gasteiger partial charge in [-0.2, -0.15) is 0 Å². The lowest BCUT2D eigenvalue weighted by Gasteiger charge is -2.35. The average Bonchev–Trinajstić information content (AvgIpc) is 2.90. The van der Waals surface area contributed by atoms with Crippen molar-refractivity contribution in [2.45, 2.75) is 39.3 Å². The highest BCUT2D eigenvalue weighted by atomic mass is 32.1. The number of aromatic nitrogens is 1. The molecular weight excluding hydrogens is 300 g/mol. The number of nitrogens with zero attached hydrogens (tertiary/aromatic N) is 3. The van der Waals surface area contributed by atoms with Gasteiger partial charge in [-0.05, 0) is 33.7 Å². The summed E-state index contributed by atoms with van der Waals surface area (Å²) in [6, 6.07) is -0.228. The molecule has 0 radical (unpaired) electrons. The van der Waals surface area contributed by atoms with Gasteiger partial charge in [0.25, 0.3) is 0 Å². The first-order valence-electron chi connectivity index (χ1n) is 7.58. The summed E-state index contributed by atoms with van der Waals surface area (Å²) in [6.45, 7) is 5.74. The normalized spacial score (nSPS) is 20.2. The highest BCUT2D eigenvalue weighted by Crippen LogP contribution is 2.19. The van der Waals surface area contributed by atoms with Crippen LogP contribution in [0.4, 0.5) is 0 Å². The molecule has 22 heavy (non-hydrogen) atoms. The Bertz CT molecular complexity index is 545. The number of aryl methyl sites for hydroxylation is 1. The van der Waals surface area contributed by atoms with Gasteiger partial charge in [0.2, 0.25) is 11.8 Å². The molecule has 0 aromatic carbocycles. The minimum Gasteiger partial charge on any atom is -0.369 e.